The van der Waals surface area contributed by atoms with Crippen LogP contribution in [-0.2, 0) is 0 Å². The van der Waals surface area contributed by atoms with Crippen molar-refractivity contribution in [2.24, 2.45) is 0 Å². The van der Waals surface area contributed by atoms with Gasteiger partial charge in [0.25, 0.3) is 11.8 Å². The maximum atomic E-state index is 12.6. The van der Waals surface area contributed by atoms with E-state index in [2.05, 4.69) is 15.6 Å². The second-order valence-electron chi connectivity index (χ2n) is 5.55. The Morgan fingerprint density at radius 2 is 1.81 bits per heavy atom. The summed E-state index contributed by atoms with van der Waals surface area (Å²) in [6.45, 7) is 1.80. The number of nitrogens with zero attached hydrogens (tertiary/aromatic N) is 1. The average Bonchev–Trinajstić information content (AvgIpc) is 3.03. The molecule has 0 aliphatic carbocycles. The molecule has 0 radical (unpaired) electrons. The summed E-state index contributed by atoms with van der Waals surface area (Å²) in [5.41, 5.74) is 2.67. The highest BCUT2D eigenvalue weighted by Crippen LogP contribution is 2.30. The van der Waals surface area contributed by atoms with E-state index in [0.717, 1.165) is 10.6 Å². The minimum atomic E-state index is -0.235. The van der Waals surface area contributed by atoms with Gasteiger partial charge < -0.3 is 10.6 Å². The fourth-order valence-electron chi connectivity index (χ4n) is 2.39. The SMILES string of the molecule is CNC(=O)c1ccc(NC(=O)c2sc(-c3cccc(Cl)c3)nc2C)cc1. The standard InChI is InChI=1S/C19H16ClN3O2S/c1-11-16(26-19(22-11)13-4-3-5-14(20)10-13)18(25)23-15-8-6-12(7-9-15)17(24)21-2/h3-10H,1-2H3,(H,21,24)(H,23,25). The third-order valence-electron chi connectivity index (χ3n) is 3.71. The maximum absolute atomic E-state index is 12.6. The fourth-order valence-corrected chi connectivity index (χ4v) is 3.54. The smallest absolute Gasteiger partial charge is 0.267 e. The highest BCUT2D eigenvalue weighted by Gasteiger charge is 2.17. The summed E-state index contributed by atoms with van der Waals surface area (Å²) < 4.78 is 0. The first-order chi connectivity index (χ1) is 12.5. The molecule has 2 amide bonds. The van der Waals surface area contributed by atoms with Crippen molar-refractivity contribution in [2.75, 3.05) is 12.4 Å². The summed E-state index contributed by atoms with van der Waals surface area (Å²) in [6.07, 6.45) is 0. The number of rotatable bonds is 4. The van der Waals surface area contributed by atoms with Crippen LogP contribution in [0.3, 0.4) is 0 Å². The summed E-state index contributed by atoms with van der Waals surface area (Å²) >= 11 is 7.34. The van der Waals surface area contributed by atoms with E-state index in [4.69, 9.17) is 11.6 Å². The van der Waals surface area contributed by atoms with Crippen molar-refractivity contribution in [3.05, 3.63) is 69.7 Å². The molecule has 3 rings (SSSR count). The second kappa shape index (κ2) is 7.68. The number of aryl methyl sites for hydroxylation is 1. The number of anilines is 1. The van der Waals surface area contributed by atoms with Crippen LogP contribution in [0.15, 0.2) is 48.5 Å². The Bertz CT molecular complexity index is 967. The summed E-state index contributed by atoms with van der Waals surface area (Å²) in [6, 6.07) is 14.1. The Morgan fingerprint density at radius 1 is 1.08 bits per heavy atom. The molecular weight excluding hydrogens is 370 g/mol. The monoisotopic (exact) mass is 385 g/mol. The van der Waals surface area contributed by atoms with E-state index in [0.29, 0.717) is 26.8 Å². The second-order valence-corrected chi connectivity index (χ2v) is 6.99. The Balaban J connectivity index is 1.79. The largest absolute Gasteiger partial charge is 0.355 e. The summed E-state index contributed by atoms with van der Waals surface area (Å²) in [7, 11) is 1.57. The zero-order valence-electron chi connectivity index (χ0n) is 14.2. The van der Waals surface area contributed by atoms with E-state index >= 15 is 0 Å². The maximum Gasteiger partial charge on any atom is 0.267 e. The van der Waals surface area contributed by atoms with Gasteiger partial charge in [-0.1, -0.05) is 23.7 Å². The van der Waals surface area contributed by atoms with Gasteiger partial charge >= 0.3 is 0 Å². The van der Waals surface area contributed by atoms with E-state index < -0.39 is 0 Å². The molecule has 0 fully saturated rings. The van der Waals surface area contributed by atoms with Gasteiger partial charge in [-0.3, -0.25) is 9.59 Å². The molecule has 3 aromatic rings. The van der Waals surface area contributed by atoms with Gasteiger partial charge in [-0.05, 0) is 43.3 Å². The molecule has 0 bridgehead atoms. The summed E-state index contributed by atoms with van der Waals surface area (Å²) in [5.74, 6) is -0.409. The lowest BCUT2D eigenvalue weighted by molar-refractivity contribution is 0.0962. The molecule has 2 N–H and O–H groups in total. The summed E-state index contributed by atoms with van der Waals surface area (Å²) in [5, 5.41) is 6.75. The van der Waals surface area contributed by atoms with Crippen LogP contribution >= 0.6 is 22.9 Å². The molecule has 1 aromatic heterocycles. The third kappa shape index (κ3) is 3.92. The van der Waals surface area contributed by atoms with Crippen LogP contribution in [0.2, 0.25) is 5.02 Å². The number of benzene rings is 2. The highest BCUT2D eigenvalue weighted by molar-refractivity contribution is 7.17. The molecule has 5 nitrogen and oxygen atoms in total. The van der Waals surface area contributed by atoms with E-state index in [1.165, 1.54) is 11.3 Å². The molecule has 0 spiro atoms. The zero-order valence-corrected chi connectivity index (χ0v) is 15.7. The Morgan fingerprint density at radius 3 is 2.46 bits per heavy atom. The van der Waals surface area contributed by atoms with E-state index in [1.54, 1.807) is 44.3 Å². The molecule has 0 aliphatic rings. The van der Waals surface area contributed by atoms with Crippen LogP contribution in [0.5, 0.6) is 0 Å². The number of carbonyl (C=O) groups excluding carboxylic acids is 2. The van der Waals surface area contributed by atoms with E-state index in [1.807, 2.05) is 18.2 Å². The molecule has 0 saturated carbocycles. The molecule has 0 atom stereocenters. The minimum absolute atomic E-state index is 0.174. The molecular formula is C19H16ClN3O2S. The van der Waals surface area contributed by atoms with Crippen molar-refractivity contribution in [3.8, 4) is 10.6 Å². The zero-order chi connectivity index (χ0) is 18.7. The number of carbonyl (C=O) groups is 2. The predicted molar refractivity (Wildman–Crippen MR) is 105 cm³/mol. The molecule has 7 heteroatoms. The number of hydrogen-bond donors (Lipinski definition) is 2. The quantitative estimate of drug-likeness (QED) is 0.699. The van der Waals surface area contributed by atoms with Crippen molar-refractivity contribution >= 4 is 40.4 Å². The normalized spacial score (nSPS) is 10.4. The van der Waals surface area contributed by atoms with E-state index in [9.17, 15) is 9.59 Å². The number of nitrogens with one attached hydrogen (secondary N) is 2. The van der Waals surface area contributed by atoms with Gasteiger partial charge in [0.2, 0.25) is 0 Å². The molecule has 1 heterocycles. The van der Waals surface area contributed by atoms with Crippen molar-refractivity contribution in [1.82, 2.24) is 10.3 Å². The van der Waals surface area contributed by atoms with Crippen LogP contribution in [-0.4, -0.2) is 23.8 Å². The number of halogens is 1. The van der Waals surface area contributed by atoms with Crippen molar-refractivity contribution in [1.29, 1.82) is 0 Å². The minimum Gasteiger partial charge on any atom is -0.355 e. The number of hydrogen-bond acceptors (Lipinski definition) is 4. The Kier molecular flexibility index (Phi) is 5.35. The lowest BCUT2D eigenvalue weighted by Crippen LogP contribution is -2.17. The third-order valence-corrected chi connectivity index (χ3v) is 5.15. The topological polar surface area (TPSA) is 71.1 Å². The Hall–Kier alpha value is -2.70. The van der Waals surface area contributed by atoms with Crippen LogP contribution in [0.4, 0.5) is 5.69 Å². The van der Waals surface area contributed by atoms with Crippen LogP contribution in [0, 0.1) is 6.92 Å². The van der Waals surface area contributed by atoms with Crippen LogP contribution in [0.1, 0.15) is 25.7 Å². The molecule has 2 aromatic carbocycles. The predicted octanol–water partition coefficient (Wildman–Crippen LogP) is 4.38. The molecule has 0 saturated heterocycles. The summed E-state index contributed by atoms with van der Waals surface area (Å²) in [4.78, 5) is 29.2. The van der Waals surface area contributed by atoms with Gasteiger partial charge in [-0.2, -0.15) is 0 Å². The van der Waals surface area contributed by atoms with Gasteiger partial charge in [0, 0.05) is 28.9 Å². The number of aromatic nitrogens is 1. The molecule has 132 valence electrons. The molecule has 0 aliphatic heterocycles. The lowest BCUT2D eigenvalue weighted by atomic mass is 10.2. The Labute approximate surface area is 160 Å². The van der Waals surface area contributed by atoms with Gasteiger partial charge in [-0.25, -0.2) is 4.98 Å². The first-order valence-corrected chi connectivity index (χ1v) is 9.04. The van der Waals surface area contributed by atoms with Gasteiger partial charge in [0.05, 0.1) is 5.69 Å². The number of amides is 2. The van der Waals surface area contributed by atoms with Crippen molar-refractivity contribution < 1.29 is 9.59 Å². The number of thiazole rings is 1. The fraction of sp³-hybridized carbons (Fsp3) is 0.105. The van der Waals surface area contributed by atoms with E-state index in [-0.39, 0.29) is 11.8 Å². The van der Waals surface area contributed by atoms with Gasteiger partial charge in [0.15, 0.2) is 0 Å². The van der Waals surface area contributed by atoms with Gasteiger partial charge in [0.1, 0.15) is 9.88 Å². The molecule has 26 heavy (non-hydrogen) atoms. The first kappa shape index (κ1) is 18.1. The lowest BCUT2D eigenvalue weighted by Gasteiger charge is -2.05. The van der Waals surface area contributed by atoms with Crippen LogP contribution < -0.4 is 10.6 Å². The average molecular weight is 386 g/mol. The molecule has 0 unspecified atom stereocenters. The van der Waals surface area contributed by atoms with Crippen LogP contribution in [0.25, 0.3) is 10.6 Å². The highest BCUT2D eigenvalue weighted by atomic mass is 35.5. The van der Waals surface area contributed by atoms with Gasteiger partial charge in [-0.15, -0.1) is 11.3 Å². The van der Waals surface area contributed by atoms with Crippen molar-refractivity contribution in [2.45, 2.75) is 6.92 Å². The van der Waals surface area contributed by atoms with Crippen molar-refractivity contribution in [3.63, 3.8) is 0 Å². The first-order valence-electron chi connectivity index (χ1n) is 7.85.